The largest absolute Gasteiger partial charge is 0.434 e. The van der Waals surface area contributed by atoms with Crippen molar-refractivity contribution in [2.75, 3.05) is 0 Å². The summed E-state index contributed by atoms with van der Waals surface area (Å²) < 4.78 is 28.8. The third-order valence-electron chi connectivity index (χ3n) is 2.91. The van der Waals surface area contributed by atoms with Gasteiger partial charge >= 0.3 is 6.61 Å². The highest BCUT2D eigenvalue weighted by Crippen LogP contribution is 2.22. The fourth-order valence-corrected chi connectivity index (χ4v) is 1.92. The molecule has 0 bridgehead atoms. The molecule has 0 saturated heterocycles. The van der Waals surface area contributed by atoms with E-state index in [4.69, 9.17) is 0 Å². The van der Waals surface area contributed by atoms with Crippen molar-refractivity contribution in [3.63, 3.8) is 0 Å². The molecule has 0 heterocycles. The van der Waals surface area contributed by atoms with Crippen molar-refractivity contribution in [1.82, 2.24) is 0 Å². The van der Waals surface area contributed by atoms with Crippen molar-refractivity contribution in [1.29, 1.82) is 0 Å². The molecule has 0 aliphatic heterocycles. The summed E-state index contributed by atoms with van der Waals surface area (Å²) in [5.74, 6) is -0.163. The first-order valence-electron chi connectivity index (χ1n) is 6.72. The van der Waals surface area contributed by atoms with Crippen LogP contribution in [0.3, 0.4) is 0 Å². The molecule has 0 atom stereocenters. The number of hydrogen-bond donors (Lipinski definition) is 0. The maximum Gasteiger partial charge on any atom is 0.387 e. The minimum Gasteiger partial charge on any atom is -0.434 e. The number of rotatable bonds is 9. The minimum atomic E-state index is -2.90. The monoisotopic (exact) mass is 270 g/mol. The third kappa shape index (κ3) is 5.81. The average Bonchev–Trinajstić information content (AvgIpc) is 2.38. The van der Waals surface area contributed by atoms with Gasteiger partial charge in [-0.1, -0.05) is 44.7 Å². The smallest absolute Gasteiger partial charge is 0.387 e. The van der Waals surface area contributed by atoms with E-state index in [1.54, 1.807) is 12.1 Å². The van der Waals surface area contributed by atoms with Crippen LogP contribution in [0.4, 0.5) is 8.78 Å². The van der Waals surface area contributed by atoms with Gasteiger partial charge in [-0.05, 0) is 18.6 Å². The van der Waals surface area contributed by atoms with Gasteiger partial charge in [-0.3, -0.25) is 4.79 Å². The molecular formula is C15H20F2O2. The highest BCUT2D eigenvalue weighted by Gasteiger charge is 2.14. The van der Waals surface area contributed by atoms with Gasteiger partial charge in [-0.25, -0.2) is 0 Å². The predicted octanol–water partition coefficient (Wildman–Crippen LogP) is 4.83. The molecule has 106 valence electrons. The number of ether oxygens (including phenoxy) is 1. The first kappa shape index (κ1) is 15.6. The molecule has 0 radical (unpaired) electrons. The Hall–Kier alpha value is -1.45. The van der Waals surface area contributed by atoms with Gasteiger partial charge in [-0.15, -0.1) is 0 Å². The second kappa shape index (κ2) is 8.62. The number of alkyl halides is 2. The summed E-state index contributed by atoms with van der Waals surface area (Å²) in [5, 5.41) is 0. The van der Waals surface area contributed by atoms with E-state index < -0.39 is 6.61 Å². The Morgan fingerprint density at radius 3 is 2.53 bits per heavy atom. The van der Waals surface area contributed by atoms with Gasteiger partial charge in [0.25, 0.3) is 0 Å². The average molecular weight is 270 g/mol. The van der Waals surface area contributed by atoms with Crippen LogP contribution in [0.2, 0.25) is 0 Å². The fourth-order valence-electron chi connectivity index (χ4n) is 1.92. The molecule has 0 amide bonds. The Labute approximate surface area is 112 Å². The van der Waals surface area contributed by atoms with Gasteiger partial charge < -0.3 is 4.74 Å². The summed E-state index contributed by atoms with van der Waals surface area (Å²) >= 11 is 0. The lowest BCUT2D eigenvalue weighted by Crippen LogP contribution is -2.08. The minimum absolute atomic E-state index is 0.0314. The SMILES string of the molecule is CCCCCCCC(=O)c1ccccc1OC(F)F. The molecule has 1 aromatic carbocycles. The number of Topliss-reactive ketones (excluding diaryl/α,β-unsaturated/α-hetero) is 1. The van der Waals surface area contributed by atoms with Crippen LogP contribution in [0, 0.1) is 0 Å². The van der Waals surface area contributed by atoms with Crippen LogP contribution in [-0.2, 0) is 0 Å². The van der Waals surface area contributed by atoms with Crippen molar-refractivity contribution < 1.29 is 18.3 Å². The molecular weight excluding hydrogens is 250 g/mol. The van der Waals surface area contributed by atoms with Crippen molar-refractivity contribution in [2.24, 2.45) is 0 Å². The van der Waals surface area contributed by atoms with E-state index in [9.17, 15) is 13.6 Å². The number of para-hydroxylation sites is 1. The third-order valence-corrected chi connectivity index (χ3v) is 2.91. The zero-order valence-electron chi connectivity index (χ0n) is 11.2. The van der Waals surface area contributed by atoms with Gasteiger partial charge in [0.05, 0.1) is 5.56 Å². The van der Waals surface area contributed by atoms with Crippen LogP contribution in [0.25, 0.3) is 0 Å². The van der Waals surface area contributed by atoms with E-state index in [-0.39, 0.29) is 17.1 Å². The molecule has 0 saturated carbocycles. The van der Waals surface area contributed by atoms with Crippen molar-refractivity contribution in [3.05, 3.63) is 29.8 Å². The molecule has 0 aliphatic carbocycles. The molecule has 1 aromatic rings. The van der Waals surface area contributed by atoms with Crippen LogP contribution >= 0.6 is 0 Å². The predicted molar refractivity (Wildman–Crippen MR) is 70.8 cm³/mol. The molecule has 19 heavy (non-hydrogen) atoms. The van der Waals surface area contributed by atoms with Gasteiger partial charge in [-0.2, -0.15) is 8.78 Å². The summed E-state index contributed by atoms with van der Waals surface area (Å²) in [7, 11) is 0. The number of halogens is 2. The Balaban J connectivity index is 2.51. The van der Waals surface area contributed by atoms with E-state index >= 15 is 0 Å². The lowest BCUT2D eigenvalue weighted by molar-refractivity contribution is -0.0501. The Kier molecular flexibility index (Phi) is 7.08. The number of carbonyl (C=O) groups excluding carboxylic acids is 1. The highest BCUT2D eigenvalue weighted by atomic mass is 19.3. The molecule has 4 heteroatoms. The van der Waals surface area contributed by atoms with Gasteiger partial charge in [0.1, 0.15) is 5.75 Å². The number of carbonyl (C=O) groups is 1. The number of unbranched alkanes of at least 4 members (excludes halogenated alkanes) is 4. The molecule has 0 aliphatic rings. The van der Waals surface area contributed by atoms with Crippen LogP contribution in [-0.4, -0.2) is 12.4 Å². The highest BCUT2D eigenvalue weighted by molar-refractivity contribution is 5.98. The maximum atomic E-state index is 12.2. The van der Waals surface area contributed by atoms with E-state index in [0.717, 1.165) is 25.7 Å². The quantitative estimate of drug-likeness (QED) is 0.474. The summed E-state index contributed by atoms with van der Waals surface area (Å²) in [6, 6.07) is 6.17. The van der Waals surface area contributed by atoms with Crippen LogP contribution in [0.15, 0.2) is 24.3 Å². The lowest BCUT2D eigenvalue weighted by atomic mass is 10.0. The molecule has 0 unspecified atom stereocenters. The Morgan fingerprint density at radius 2 is 1.84 bits per heavy atom. The van der Waals surface area contributed by atoms with Crippen LogP contribution in [0.1, 0.15) is 55.8 Å². The molecule has 2 nitrogen and oxygen atoms in total. The van der Waals surface area contributed by atoms with E-state index in [1.807, 2.05) is 0 Å². The summed E-state index contributed by atoms with van der Waals surface area (Å²) in [6.07, 6.45) is 5.60. The van der Waals surface area contributed by atoms with Crippen molar-refractivity contribution in [3.8, 4) is 5.75 Å². The zero-order chi connectivity index (χ0) is 14.1. The molecule has 0 fully saturated rings. The van der Waals surface area contributed by atoms with Crippen molar-refractivity contribution >= 4 is 5.78 Å². The second-order valence-corrected chi connectivity index (χ2v) is 4.46. The van der Waals surface area contributed by atoms with Gasteiger partial charge in [0.2, 0.25) is 0 Å². The summed E-state index contributed by atoms with van der Waals surface area (Å²) in [5.41, 5.74) is 0.248. The summed E-state index contributed by atoms with van der Waals surface area (Å²) in [6.45, 7) is -0.776. The lowest BCUT2D eigenvalue weighted by Gasteiger charge is -2.09. The van der Waals surface area contributed by atoms with Crippen LogP contribution in [0.5, 0.6) is 5.75 Å². The number of ketones is 1. The van der Waals surface area contributed by atoms with Crippen molar-refractivity contribution in [2.45, 2.75) is 52.1 Å². The first-order chi connectivity index (χ1) is 9.15. The first-order valence-corrected chi connectivity index (χ1v) is 6.72. The maximum absolute atomic E-state index is 12.2. The molecule has 1 rings (SSSR count). The van der Waals surface area contributed by atoms with Gasteiger partial charge in [0.15, 0.2) is 5.78 Å². The van der Waals surface area contributed by atoms with E-state index in [1.165, 1.54) is 18.6 Å². The Morgan fingerprint density at radius 1 is 1.16 bits per heavy atom. The Bertz CT molecular complexity index is 391. The summed E-state index contributed by atoms with van der Waals surface area (Å²) in [4.78, 5) is 12.0. The fraction of sp³-hybridized carbons (Fsp3) is 0.533. The van der Waals surface area contributed by atoms with Crippen LogP contribution < -0.4 is 4.74 Å². The van der Waals surface area contributed by atoms with E-state index in [2.05, 4.69) is 11.7 Å². The molecule has 0 spiro atoms. The standard InChI is InChI=1S/C15H20F2O2/c1-2-3-4-5-6-10-13(18)12-9-7-8-11-14(12)19-15(16)17/h7-9,11,15H,2-6,10H2,1H3. The second-order valence-electron chi connectivity index (χ2n) is 4.46. The molecule has 0 aromatic heterocycles. The molecule has 0 N–H and O–H groups in total. The zero-order valence-corrected chi connectivity index (χ0v) is 11.2. The topological polar surface area (TPSA) is 26.3 Å². The number of hydrogen-bond acceptors (Lipinski definition) is 2. The normalized spacial score (nSPS) is 10.7. The van der Waals surface area contributed by atoms with Gasteiger partial charge in [0, 0.05) is 6.42 Å². The number of benzene rings is 1. The van der Waals surface area contributed by atoms with E-state index in [0.29, 0.717) is 6.42 Å².